The molecule has 1 heterocycles. The molecule has 0 radical (unpaired) electrons. The van der Waals surface area contributed by atoms with E-state index in [2.05, 4.69) is 39.1 Å². The Labute approximate surface area is 140 Å². The maximum atomic E-state index is 6.04. The van der Waals surface area contributed by atoms with Gasteiger partial charge in [-0.2, -0.15) is 0 Å². The number of hydrogen-bond acceptors (Lipinski definition) is 2. The van der Waals surface area contributed by atoms with Crippen LogP contribution in [0.3, 0.4) is 0 Å². The van der Waals surface area contributed by atoms with Crippen molar-refractivity contribution in [1.29, 1.82) is 0 Å². The summed E-state index contributed by atoms with van der Waals surface area (Å²) >= 11 is 0. The van der Waals surface area contributed by atoms with Gasteiger partial charge in [0.2, 0.25) is 0 Å². The number of hydrogen-bond donors (Lipinski definition) is 1. The smallest absolute Gasteiger partial charge is 0.191 e. The summed E-state index contributed by atoms with van der Waals surface area (Å²) in [7, 11) is 2.04. The van der Waals surface area contributed by atoms with Crippen molar-refractivity contribution in [2.45, 2.75) is 57.7 Å². The van der Waals surface area contributed by atoms with Crippen molar-refractivity contribution < 1.29 is 0 Å². The van der Waals surface area contributed by atoms with Gasteiger partial charge >= 0.3 is 0 Å². The van der Waals surface area contributed by atoms with Gasteiger partial charge in [0.05, 0.1) is 6.54 Å². The van der Waals surface area contributed by atoms with Gasteiger partial charge in [-0.1, -0.05) is 37.1 Å². The highest BCUT2D eigenvalue weighted by Crippen LogP contribution is 2.25. The Hall–Kier alpha value is -1.55. The average Bonchev–Trinajstić information content (AvgIpc) is 3.41. The zero-order chi connectivity index (χ0) is 16.1. The molecule has 0 bridgehead atoms. The van der Waals surface area contributed by atoms with Crippen molar-refractivity contribution in [1.82, 2.24) is 9.80 Å². The van der Waals surface area contributed by atoms with E-state index in [1.807, 2.05) is 7.05 Å². The summed E-state index contributed by atoms with van der Waals surface area (Å²) in [6, 6.07) is 9.50. The van der Waals surface area contributed by atoms with Gasteiger partial charge in [-0.3, -0.25) is 4.90 Å². The largest absolute Gasteiger partial charge is 0.370 e. The molecule has 1 aliphatic carbocycles. The van der Waals surface area contributed by atoms with Crippen LogP contribution >= 0.6 is 0 Å². The minimum Gasteiger partial charge on any atom is -0.370 e. The van der Waals surface area contributed by atoms with Crippen LogP contribution in [-0.2, 0) is 13.1 Å². The maximum Gasteiger partial charge on any atom is 0.191 e. The van der Waals surface area contributed by atoms with Crippen LogP contribution in [-0.4, -0.2) is 41.9 Å². The standard InChI is InChI=1S/C19H30N4/c1-22(18-10-11-18)19(20)21-14-16-6-8-17(9-7-16)15-23-12-4-2-3-5-13-23/h6-9,18H,2-5,10-15H2,1H3,(H2,20,21). The fraction of sp³-hybridized carbons (Fsp3) is 0.632. The minimum atomic E-state index is 0.620. The van der Waals surface area contributed by atoms with E-state index >= 15 is 0 Å². The van der Waals surface area contributed by atoms with E-state index < -0.39 is 0 Å². The normalized spacial score (nSPS) is 20.3. The van der Waals surface area contributed by atoms with Gasteiger partial charge in [-0.15, -0.1) is 0 Å². The molecule has 1 saturated heterocycles. The van der Waals surface area contributed by atoms with Crippen LogP contribution in [0.5, 0.6) is 0 Å². The van der Waals surface area contributed by atoms with Gasteiger partial charge in [-0.05, 0) is 49.9 Å². The molecule has 1 aromatic carbocycles. The lowest BCUT2D eigenvalue weighted by atomic mass is 10.1. The van der Waals surface area contributed by atoms with E-state index in [-0.39, 0.29) is 0 Å². The SMILES string of the molecule is CN(C(N)=NCc1ccc(CN2CCCCCC2)cc1)C1CC1. The molecular formula is C19H30N4. The Bertz CT molecular complexity index is 511. The van der Waals surface area contributed by atoms with Crippen LogP contribution in [0, 0.1) is 0 Å². The molecule has 1 aliphatic heterocycles. The number of aliphatic imine (C=N–C) groups is 1. The van der Waals surface area contributed by atoms with E-state index in [1.165, 1.54) is 62.7 Å². The molecule has 2 aliphatic rings. The lowest BCUT2D eigenvalue weighted by Crippen LogP contribution is -2.35. The molecule has 2 N–H and O–H groups in total. The third-order valence-electron chi connectivity index (χ3n) is 5.01. The Morgan fingerprint density at radius 3 is 2.30 bits per heavy atom. The molecule has 1 saturated carbocycles. The third kappa shape index (κ3) is 4.96. The van der Waals surface area contributed by atoms with Crippen molar-refractivity contribution in [2.24, 2.45) is 10.7 Å². The van der Waals surface area contributed by atoms with E-state index in [0.717, 1.165) is 6.54 Å². The van der Waals surface area contributed by atoms with Crippen LogP contribution in [0.25, 0.3) is 0 Å². The van der Waals surface area contributed by atoms with Crippen LogP contribution in [0.1, 0.15) is 49.7 Å². The Balaban J connectivity index is 1.51. The highest BCUT2D eigenvalue weighted by molar-refractivity contribution is 5.78. The molecule has 0 unspecified atom stereocenters. The van der Waals surface area contributed by atoms with Gasteiger partial charge < -0.3 is 10.6 Å². The number of benzene rings is 1. The molecule has 0 aromatic heterocycles. The second-order valence-electron chi connectivity index (χ2n) is 7.02. The second kappa shape index (κ2) is 7.82. The fourth-order valence-electron chi connectivity index (χ4n) is 3.24. The highest BCUT2D eigenvalue weighted by atomic mass is 15.3. The topological polar surface area (TPSA) is 44.9 Å². The summed E-state index contributed by atoms with van der Waals surface area (Å²) in [6.07, 6.45) is 7.98. The molecule has 2 fully saturated rings. The molecular weight excluding hydrogens is 284 g/mol. The van der Waals surface area contributed by atoms with E-state index in [4.69, 9.17) is 5.73 Å². The third-order valence-corrected chi connectivity index (χ3v) is 5.01. The first-order valence-corrected chi connectivity index (χ1v) is 9.05. The predicted molar refractivity (Wildman–Crippen MR) is 96.3 cm³/mol. The van der Waals surface area contributed by atoms with Crippen LogP contribution < -0.4 is 5.73 Å². The van der Waals surface area contributed by atoms with E-state index in [9.17, 15) is 0 Å². The molecule has 126 valence electrons. The first-order chi connectivity index (χ1) is 11.2. The average molecular weight is 314 g/mol. The van der Waals surface area contributed by atoms with Crippen molar-refractivity contribution >= 4 is 5.96 Å². The predicted octanol–water partition coefficient (Wildman–Crippen LogP) is 2.97. The Kier molecular flexibility index (Phi) is 5.55. The first kappa shape index (κ1) is 16.3. The molecule has 4 nitrogen and oxygen atoms in total. The molecule has 23 heavy (non-hydrogen) atoms. The number of guanidine groups is 1. The lowest BCUT2D eigenvalue weighted by Gasteiger charge is -2.19. The van der Waals surface area contributed by atoms with Gasteiger partial charge in [-0.25, -0.2) is 4.99 Å². The monoisotopic (exact) mass is 314 g/mol. The summed E-state index contributed by atoms with van der Waals surface area (Å²) in [5.74, 6) is 0.668. The zero-order valence-electron chi connectivity index (χ0n) is 14.4. The number of nitrogens with two attached hydrogens (primary N) is 1. The molecule has 1 aromatic rings. The quantitative estimate of drug-likeness (QED) is 0.671. The Morgan fingerprint density at radius 1 is 1.09 bits per heavy atom. The minimum absolute atomic E-state index is 0.620. The van der Waals surface area contributed by atoms with Crippen LogP contribution in [0.2, 0.25) is 0 Å². The summed E-state index contributed by atoms with van der Waals surface area (Å²) in [5, 5.41) is 0. The van der Waals surface area contributed by atoms with Gasteiger partial charge in [0.15, 0.2) is 5.96 Å². The van der Waals surface area contributed by atoms with Crippen molar-refractivity contribution in [2.75, 3.05) is 20.1 Å². The number of rotatable bonds is 5. The van der Waals surface area contributed by atoms with Gasteiger partial charge in [0, 0.05) is 19.6 Å². The molecule has 0 atom stereocenters. The van der Waals surface area contributed by atoms with Gasteiger partial charge in [0.25, 0.3) is 0 Å². The summed E-state index contributed by atoms with van der Waals surface area (Å²) in [5.41, 5.74) is 8.68. The van der Waals surface area contributed by atoms with Crippen molar-refractivity contribution in [3.8, 4) is 0 Å². The number of nitrogens with zero attached hydrogens (tertiary/aromatic N) is 3. The summed E-state index contributed by atoms with van der Waals surface area (Å²) in [6.45, 7) is 4.25. The lowest BCUT2D eigenvalue weighted by molar-refractivity contribution is 0.277. The van der Waals surface area contributed by atoms with Crippen molar-refractivity contribution in [3.63, 3.8) is 0 Å². The van der Waals surface area contributed by atoms with E-state index in [0.29, 0.717) is 18.5 Å². The van der Waals surface area contributed by atoms with E-state index in [1.54, 1.807) is 0 Å². The van der Waals surface area contributed by atoms with Crippen LogP contribution in [0.15, 0.2) is 29.3 Å². The highest BCUT2D eigenvalue weighted by Gasteiger charge is 2.27. The zero-order valence-corrected chi connectivity index (χ0v) is 14.4. The van der Waals surface area contributed by atoms with Gasteiger partial charge in [0.1, 0.15) is 0 Å². The maximum absolute atomic E-state index is 6.04. The molecule has 0 spiro atoms. The summed E-state index contributed by atoms with van der Waals surface area (Å²) < 4.78 is 0. The second-order valence-corrected chi connectivity index (χ2v) is 7.02. The molecule has 3 rings (SSSR count). The molecule has 4 heteroatoms. The van der Waals surface area contributed by atoms with Crippen molar-refractivity contribution in [3.05, 3.63) is 35.4 Å². The molecule has 0 amide bonds. The first-order valence-electron chi connectivity index (χ1n) is 9.05. The number of likely N-dealkylation sites (tertiary alicyclic amines) is 1. The Morgan fingerprint density at radius 2 is 1.70 bits per heavy atom. The summed E-state index contributed by atoms with van der Waals surface area (Å²) in [4.78, 5) is 9.21. The fourth-order valence-corrected chi connectivity index (χ4v) is 3.24. The van der Waals surface area contributed by atoms with Crippen LogP contribution in [0.4, 0.5) is 0 Å².